The van der Waals surface area contributed by atoms with Gasteiger partial charge in [0.25, 0.3) is 0 Å². The summed E-state index contributed by atoms with van der Waals surface area (Å²) in [6, 6.07) is 1.90. The average Bonchev–Trinajstić information content (AvgIpc) is 3.02. The third-order valence-corrected chi connectivity index (χ3v) is 6.83. The van der Waals surface area contributed by atoms with Crippen LogP contribution in [0.3, 0.4) is 0 Å². The fourth-order valence-corrected chi connectivity index (χ4v) is 5.70. The summed E-state index contributed by atoms with van der Waals surface area (Å²) in [7, 11) is 0. The number of rotatable bonds is 2. The van der Waals surface area contributed by atoms with Crippen LogP contribution in [0.1, 0.15) is 64.2 Å². The lowest BCUT2D eigenvalue weighted by atomic mass is 9.91. The van der Waals surface area contributed by atoms with Gasteiger partial charge in [0.05, 0.1) is 0 Å². The highest BCUT2D eigenvalue weighted by Gasteiger charge is 2.43. The molecule has 2 saturated heterocycles. The molecule has 4 aliphatic rings. The quantitative estimate of drug-likeness (QED) is 0.761. The molecule has 2 aliphatic heterocycles. The number of likely N-dealkylation sites (tertiary alicyclic amines) is 2. The SMILES string of the molecule is C1CCCN(C2CCN([C@H]3C[C@@H]4CC[C@@H]3C4)CC2)CC1. The van der Waals surface area contributed by atoms with Crippen LogP contribution in [0.5, 0.6) is 0 Å². The topological polar surface area (TPSA) is 6.48 Å². The molecule has 0 radical (unpaired) electrons. The molecule has 2 saturated carbocycles. The first-order chi connectivity index (χ1) is 9.90. The van der Waals surface area contributed by atoms with Gasteiger partial charge >= 0.3 is 0 Å². The minimum absolute atomic E-state index is 0.919. The van der Waals surface area contributed by atoms with Crippen molar-refractivity contribution in [1.29, 1.82) is 0 Å². The van der Waals surface area contributed by atoms with Gasteiger partial charge in [-0.05, 0) is 83.0 Å². The van der Waals surface area contributed by atoms with E-state index < -0.39 is 0 Å². The Morgan fingerprint density at radius 2 is 1.35 bits per heavy atom. The largest absolute Gasteiger partial charge is 0.300 e. The van der Waals surface area contributed by atoms with Crippen LogP contribution in [0, 0.1) is 11.8 Å². The van der Waals surface area contributed by atoms with Gasteiger partial charge in [-0.3, -0.25) is 4.90 Å². The van der Waals surface area contributed by atoms with Crippen molar-refractivity contribution in [2.75, 3.05) is 26.2 Å². The van der Waals surface area contributed by atoms with E-state index in [9.17, 15) is 0 Å². The molecular weight excluding hydrogens is 244 g/mol. The fourth-order valence-electron chi connectivity index (χ4n) is 5.70. The summed E-state index contributed by atoms with van der Waals surface area (Å²) in [5.74, 6) is 2.18. The maximum absolute atomic E-state index is 2.89. The highest BCUT2D eigenvalue weighted by molar-refractivity contribution is 4.97. The maximum Gasteiger partial charge on any atom is 0.0126 e. The Labute approximate surface area is 124 Å². The lowest BCUT2D eigenvalue weighted by Crippen LogP contribution is -2.49. The van der Waals surface area contributed by atoms with E-state index in [1.54, 1.807) is 25.7 Å². The van der Waals surface area contributed by atoms with Crippen LogP contribution in [-0.2, 0) is 0 Å². The third-order valence-electron chi connectivity index (χ3n) is 6.83. The van der Waals surface area contributed by atoms with Gasteiger partial charge in [-0.2, -0.15) is 0 Å². The summed E-state index contributed by atoms with van der Waals surface area (Å²) in [5, 5.41) is 0. The number of hydrogen-bond acceptors (Lipinski definition) is 2. The Balaban J connectivity index is 1.29. The first-order valence-corrected chi connectivity index (χ1v) is 9.38. The molecule has 0 N–H and O–H groups in total. The second kappa shape index (κ2) is 5.96. The van der Waals surface area contributed by atoms with Crippen LogP contribution in [0.4, 0.5) is 0 Å². The van der Waals surface area contributed by atoms with E-state index in [0.717, 1.165) is 23.9 Å². The molecule has 2 heterocycles. The molecule has 2 aliphatic carbocycles. The van der Waals surface area contributed by atoms with E-state index in [-0.39, 0.29) is 0 Å². The monoisotopic (exact) mass is 276 g/mol. The van der Waals surface area contributed by atoms with Gasteiger partial charge in [-0.25, -0.2) is 0 Å². The molecule has 2 bridgehead atoms. The summed E-state index contributed by atoms with van der Waals surface area (Å²) in [6.45, 7) is 5.57. The van der Waals surface area contributed by atoms with Crippen molar-refractivity contribution >= 4 is 0 Å². The Bertz CT molecular complexity index is 313. The Kier molecular flexibility index (Phi) is 4.05. The van der Waals surface area contributed by atoms with Crippen LogP contribution in [0.25, 0.3) is 0 Å². The van der Waals surface area contributed by atoms with Gasteiger partial charge in [0.15, 0.2) is 0 Å². The van der Waals surface area contributed by atoms with Gasteiger partial charge < -0.3 is 4.90 Å². The number of fused-ring (bicyclic) bond motifs is 2. The fraction of sp³-hybridized carbons (Fsp3) is 1.00. The molecule has 3 atom stereocenters. The molecule has 4 fully saturated rings. The van der Waals surface area contributed by atoms with Gasteiger partial charge in [0, 0.05) is 12.1 Å². The molecule has 0 unspecified atom stereocenters. The second-order valence-electron chi connectivity index (χ2n) is 7.96. The summed E-state index contributed by atoms with van der Waals surface area (Å²) >= 11 is 0. The average molecular weight is 276 g/mol. The third kappa shape index (κ3) is 2.66. The van der Waals surface area contributed by atoms with E-state index >= 15 is 0 Å². The highest BCUT2D eigenvalue weighted by atomic mass is 15.2. The number of hydrogen-bond donors (Lipinski definition) is 0. The van der Waals surface area contributed by atoms with Crippen molar-refractivity contribution in [3.63, 3.8) is 0 Å². The van der Waals surface area contributed by atoms with E-state index in [0.29, 0.717) is 0 Å². The van der Waals surface area contributed by atoms with E-state index in [1.807, 2.05) is 0 Å². The van der Waals surface area contributed by atoms with Gasteiger partial charge in [0.2, 0.25) is 0 Å². The van der Waals surface area contributed by atoms with Crippen LogP contribution >= 0.6 is 0 Å². The van der Waals surface area contributed by atoms with Crippen molar-refractivity contribution in [3.05, 3.63) is 0 Å². The van der Waals surface area contributed by atoms with Gasteiger partial charge in [-0.1, -0.05) is 19.3 Å². The molecule has 0 spiro atoms. The van der Waals surface area contributed by atoms with Crippen LogP contribution < -0.4 is 0 Å². The Hall–Kier alpha value is -0.0800. The zero-order valence-electron chi connectivity index (χ0n) is 13.1. The summed E-state index contributed by atoms with van der Waals surface area (Å²) in [6.07, 6.45) is 14.9. The van der Waals surface area contributed by atoms with Crippen molar-refractivity contribution in [2.24, 2.45) is 11.8 Å². The molecule has 0 aromatic carbocycles. The maximum atomic E-state index is 2.89. The minimum atomic E-state index is 0.919. The first-order valence-electron chi connectivity index (χ1n) is 9.38. The molecule has 4 rings (SSSR count). The molecule has 114 valence electrons. The summed E-state index contributed by atoms with van der Waals surface area (Å²) < 4.78 is 0. The van der Waals surface area contributed by atoms with E-state index in [2.05, 4.69) is 9.80 Å². The predicted octanol–water partition coefficient (Wildman–Crippen LogP) is 3.52. The van der Waals surface area contributed by atoms with E-state index in [4.69, 9.17) is 0 Å². The van der Waals surface area contributed by atoms with Crippen molar-refractivity contribution in [1.82, 2.24) is 9.80 Å². The minimum Gasteiger partial charge on any atom is -0.300 e. The smallest absolute Gasteiger partial charge is 0.0126 e. The van der Waals surface area contributed by atoms with E-state index in [1.165, 1.54) is 64.7 Å². The summed E-state index contributed by atoms with van der Waals surface area (Å²) in [5.41, 5.74) is 0. The van der Waals surface area contributed by atoms with Gasteiger partial charge in [0.1, 0.15) is 0 Å². The zero-order chi connectivity index (χ0) is 13.4. The zero-order valence-corrected chi connectivity index (χ0v) is 13.1. The lowest BCUT2D eigenvalue weighted by Gasteiger charge is -2.42. The number of piperidine rings is 1. The highest BCUT2D eigenvalue weighted by Crippen LogP contribution is 2.47. The van der Waals surface area contributed by atoms with Crippen molar-refractivity contribution in [2.45, 2.75) is 76.3 Å². The van der Waals surface area contributed by atoms with Crippen LogP contribution in [-0.4, -0.2) is 48.1 Å². The van der Waals surface area contributed by atoms with Crippen LogP contribution in [0.15, 0.2) is 0 Å². The predicted molar refractivity (Wildman–Crippen MR) is 83.9 cm³/mol. The second-order valence-corrected chi connectivity index (χ2v) is 7.96. The molecule has 0 aromatic rings. The summed E-state index contributed by atoms with van der Waals surface area (Å²) in [4.78, 5) is 5.73. The van der Waals surface area contributed by atoms with Crippen LogP contribution in [0.2, 0.25) is 0 Å². The first kappa shape index (κ1) is 13.6. The Morgan fingerprint density at radius 3 is 1.95 bits per heavy atom. The number of nitrogens with zero attached hydrogens (tertiary/aromatic N) is 2. The van der Waals surface area contributed by atoms with Crippen molar-refractivity contribution in [3.8, 4) is 0 Å². The molecule has 20 heavy (non-hydrogen) atoms. The normalized spacial score (nSPS) is 41.1. The molecular formula is C18H32N2. The van der Waals surface area contributed by atoms with Gasteiger partial charge in [-0.15, -0.1) is 0 Å². The molecule has 0 aromatic heterocycles. The molecule has 0 amide bonds. The van der Waals surface area contributed by atoms with Crippen molar-refractivity contribution < 1.29 is 0 Å². The lowest BCUT2D eigenvalue weighted by molar-refractivity contribution is 0.0654. The Morgan fingerprint density at radius 1 is 0.600 bits per heavy atom. The molecule has 2 heteroatoms. The molecule has 2 nitrogen and oxygen atoms in total. The standard InChI is InChI=1S/C18H32N2/c1-2-4-10-19(9-3-1)17-7-11-20(12-8-17)18-14-15-5-6-16(18)13-15/h15-18H,1-14H2/t15-,16-,18+/m1/s1.